The van der Waals surface area contributed by atoms with E-state index in [1.165, 1.54) is 30.4 Å². The molecule has 1 aromatic carbocycles. The minimum absolute atomic E-state index is 0.0989. The molecule has 15 nitrogen and oxygen atoms in total. The number of aromatic nitrogens is 4. The molecule has 0 amide bonds. The molecule has 1 fully saturated rings. The first-order valence-electron chi connectivity index (χ1n) is 9.82. The van der Waals surface area contributed by atoms with Gasteiger partial charge in [-0.1, -0.05) is 0 Å². The van der Waals surface area contributed by atoms with Crippen molar-refractivity contribution in [2.45, 2.75) is 31.1 Å². The van der Waals surface area contributed by atoms with Gasteiger partial charge in [0.1, 0.15) is 30.4 Å². The van der Waals surface area contributed by atoms with Gasteiger partial charge in [-0.05, 0) is 12.1 Å². The number of nitrogens with one attached hydrogen (secondary N) is 1. The maximum absolute atomic E-state index is 11.2. The summed E-state index contributed by atoms with van der Waals surface area (Å²) >= 11 is 0. The third kappa shape index (κ3) is 4.50. The van der Waals surface area contributed by atoms with Crippen LogP contribution in [-0.4, -0.2) is 81.8 Å². The number of aliphatic hydroxyl groups excluding tert-OH is 3. The van der Waals surface area contributed by atoms with Crippen molar-refractivity contribution in [3.63, 3.8) is 0 Å². The Bertz CT molecular complexity index is 1230. The number of nitrogens with zero attached hydrogens (tertiary/aromatic N) is 4. The highest BCUT2D eigenvalue weighted by atomic mass is 31.2. The second kappa shape index (κ2) is 9.31. The fourth-order valence-corrected chi connectivity index (χ4v) is 4.04. The molecule has 7 N–H and O–H groups in total. The molecule has 0 saturated carbocycles. The summed E-state index contributed by atoms with van der Waals surface area (Å²) in [4.78, 5) is 30.7. The number of hydrogen-bond donors (Lipinski definition) is 7. The molecule has 184 valence electrons. The Hall–Kier alpha value is -3.04. The summed E-state index contributed by atoms with van der Waals surface area (Å²) < 4.78 is 28.0. The van der Waals surface area contributed by atoms with Gasteiger partial charge in [0.2, 0.25) is 0 Å². The number of anilines is 1. The van der Waals surface area contributed by atoms with Gasteiger partial charge in [-0.2, -0.15) is 0 Å². The van der Waals surface area contributed by atoms with Crippen molar-refractivity contribution >= 4 is 24.8 Å². The van der Waals surface area contributed by atoms with E-state index < -0.39 is 39.0 Å². The van der Waals surface area contributed by atoms with Gasteiger partial charge in [0, 0.05) is 6.54 Å². The maximum atomic E-state index is 11.2. The molecule has 2 aromatic heterocycles. The van der Waals surface area contributed by atoms with Crippen LogP contribution in [0, 0.1) is 0 Å². The lowest BCUT2D eigenvalue weighted by Gasteiger charge is -2.17. The van der Waals surface area contributed by atoms with Gasteiger partial charge in [0.15, 0.2) is 34.7 Å². The highest BCUT2D eigenvalue weighted by Crippen LogP contribution is 2.45. The number of ether oxygens (including phenoxy) is 2. The van der Waals surface area contributed by atoms with Crippen LogP contribution in [-0.2, 0) is 15.8 Å². The SMILES string of the molecule is COc1c(OP(=O)(O)O)ccc(O)c1CNc1ncnc2c1ncn2[C@@H]1O[C@H](CO)[C@@H](O)[C@H]1O. The summed E-state index contributed by atoms with van der Waals surface area (Å²) in [7, 11) is -3.63. The molecule has 1 aliphatic heterocycles. The van der Waals surface area contributed by atoms with E-state index in [-0.39, 0.29) is 46.3 Å². The van der Waals surface area contributed by atoms with Gasteiger partial charge >= 0.3 is 7.82 Å². The minimum Gasteiger partial charge on any atom is -0.507 e. The van der Waals surface area contributed by atoms with E-state index in [1.54, 1.807) is 0 Å². The smallest absolute Gasteiger partial charge is 0.507 e. The second-order valence-electron chi connectivity index (χ2n) is 7.31. The second-order valence-corrected chi connectivity index (χ2v) is 8.47. The van der Waals surface area contributed by atoms with Crippen molar-refractivity contribution in [2.24, 2.45) is 0 Å². The number of rotatable bonds is 8. The zero-order valence-corrected chi connectivity index (χ0v) is 18.5. The summed E-state index contributed by atoms with van der Waals surface area (Å²) in [6.07, 6.45) is -2.12. The minimum atomic E-state index is -4.88. The molecule has 0 aliphatic carbocycles. The number of aliphatic hydroxyl groups is 3. The van der Waals surface area contributed by atoms with Crippen molar-refractivity contribution in [1.82, 2.24) is 19.5 Å². The van der Waals surface area contributed by atoms with E-state index in [2.05, 4.69) is 24.8 Å². The number of methoxy groups -OCH3 is 1. The van der Waals surface area contributed by atoms with Gasteiger partial charge in [-0.25, -0.2) is 19.5 Å². The molecule has 4 rings (SSSR count). The number of phenolic OH excluding ortho intramolecular Hbond substituents is 1. The average molecular weight is 499 g/mol. The lowest BCUT2D eigenvalue weighted by Crippen LogP contribution is -2.33. The zero-order valence-electron chi connectivity index (χ0n) is 17.6. The normalized spacial score (nSPS) is 22.8. The monoisotopic (exact) mass is 499 g/mol. The third-order valence-electron chi connectivity index (χ3n) is 5.20. The lowest BCUT2D eigenvalue weighted by atomic mass is 10.1. The number of benzene rings is 1. The average Bonchev–Trinajstić information content (AvgIpc) is 3.34. The molecule has 0 radical (unpaired) electrons. The first kappa shape index (κ1) is 24.1. The van der Waals surface area contributed by atoms with E-state index in [1.807, 2.05) is 0 Å². The first-order chi connectivity index (χ1) is 16.1. The molecule has 1 saturated heterocycles. The summed E-state index contributed by atoms with van der Waals surface area (Å²) in [6, 6.07) is 2.35. The van der Waals surface area contributed by atoms with Crippen molar-refractivity contribution in [3.05, 3.63) is 30.4 Å². The molecular weight excluding hydrogens is 477 g/mol. The van der Waals surface area contributed by atoms with Crippen LogP contribution in [0.25, 0.3) is 11.2 Å². The predicted molar refractivity (Wildman–Crippen MR) is 113 cm³/mol. The number of phosphoric ester groups is 1. The van der Waals surface area contributed by atoms with E-state index in [4.69, 9.17) is 19.3 Å². The van der Waals surface area contributed by atoms with Gasteiger partial charge in [0.05, 0.1) is 25.6 Å². The van der Waals surface area contributed by atoms with Crippen LogP contribution in [0.4, 0.5) is 5.82 Å². The maximum Gasteiger partial charge on any atom is 0.524 e. The molecule has 3 heterocycles. The highest BCUT2D eigenvalue weighted by molar-refractivity contribution is 7.46. The lowest BCUT2D eigenvalue weighted by molar-refractivity contribution is -0.0511. The summed E-state index contributed by atoms with van der Waals surface area (Å²) in [5.41, 5.74) is 0.645. The number of hydrogen-bond acceptors (Lipinski definition) is 12. The van der Waals surface area contributed by atoms with Crippen molar-refractivity contribution < 1.29 is 48.8 Å². The third-order valence-corrected chi connectivity index (χ3v) is 5.64. The fourth-order valence-electron chi connectivity index (χ4n) is 3.64. The predicted octanol–water partition coefficient (Wildman–Crippen LogP) is -0.764. The van der Waals surface area contributed by atoms with Gasteiger partial charge in [0.25, 0.3) is 0 Å². The van der Waals surface area contributed by atoms with Crippen LogP contribution in [0.15, 0.2) is 24.8 Å². The molecule has 16 heteroatoms. The van der Waals surface area contributed by atoms with Crippen LogP contribution >= 0.6 is 7.82 Å². The molecule has 0 unspecified atom stereocenters. The summed E-state index contributed by atoms with van der Waals surface area (Å²) in [5, 5.41) is 42.9. The zero-order chi connectivity index (χ0) is 24.6. The van der Waals surface area contributed by atoms with Gasteiger partial charge in [-0.15, -0.1) is 0 Å². The summed E-state index contributed by atoms with van der Waals surface area (Å²) in [6.45, 7) is -0.598. The molecule has 3 aromatic rings. The van der Waals surface area contributed by atoms with Gasteiger partial charge < -0.3 is 39.7 Å². The Labute approximate surface area is 191 Å². The number of imidazole rings is 1. The number of phenols is 1. The summed E-state index contributed by atoms with van der Waals surface area (Å²) in [5.74, 6) is -0.381. The van der Waals surface area contributed by atoms with Crippen LogP contribution in [0.3, 0.4) is 0 Å². The number of phosphoric acid groups is 1. The topological polar surface area (TPSA) is 222 Å². The molecule has 0 bridgehead atoms. The quantitative estimate of drug-likeness (QED) is 0.189. The molecule has 0 spiro atoms. The van der Waals surface area contributed by atoms with Gasteiger partial charge in [-0.3, -0.25) is 14.4 Å². The van der Waals surface area contributed by atoms with Crippen LogP contribution in [0.1, 0.15) is 11.8 Å². The Balaban J connectivity index is 1.63. The molecule has 34 heavy (non-hydrogen) atoms. The molecule has 1 aliphatic rings. The van der Waals surface area contributed by atoms with E-state index in [9.17, 15) is 25.0 Å². The van der Waals surface area contributed by atoms with E-state index in [0.717, 1.165) is 6.07 Å². The van der Waals surface area contributed by atoms with Crippen LogP contribution in [0.2, 0.25) is 0 Å². The van der Waals surface area contributed by atoms with Crippen molar-refractivity contribution in [2.75, 3.05) is 19.0 Å². The largest absolute Gasteiger partial charge is 0.524 e. The van der Waals surface area contributed by atoms with E-state index in [0.29, 0.717) is 0 Å². The Kier molecular flexibility index (Phi) is 6.60. The highest BCUT2D eigenvalue weighted by Gasteiger charge is 2.44. The fraction of sp³-hybridized carbons (Fsp3) is 0.389. The number of aromatic hydroxyl groups is 1. The molecule has 4 atom stereocenters. The Morgan fingerprint density at radius 1 is 1.21 bits per heavy atom. The van der Waals surface area contributed by atoms with Crippen molar-refractivity contribution in [1.29, 1.82) is 0 Å². The van der Waals surface area contributed by atoms with E-state index >= 15 is 0 Å². The first-order valence-corrected chi connectivity index (χ1v) is 11.4. The Morgan fingerprint density at radius 2 is 1.97 bits per heavy atom. The van der Waals surface area contributed by atoms with Crippen LogP contribution < -0.4 is 14.6 Å². The standard InChI is InChI=1S/C18H22N5O10P/c1-31-15-8(9(25)2-3-10(15)33-34(28,29)30)4-19-16-12-17(21-6-20-16)23(7-22-12)18-14(27)13(26)11(5-24)32-18/h2-3,6-7,11,13-14,18,24-27H,4-5H2,1H3,(H,19,20,21)(H2,28,29,30)/t11-,13-,14-,18-/m1/s1. The number of fused-ring (bicyclic) bond motifs is 1. The Morgan fingerprint density at radius 3 is 2.62 bits per heavy atom. The van der Waals surface area contributed by atoms with Crippen LogP contribution in [0.5, 0.6) is 17.2 Å². The molecular formula is C18H22N5O10P. The van der Waals surface area contributed by atoms with Crippen molar-refractivity contribution in [3.8, 4) is 17.2 Å².